The monoisotopic (exact) mass is 200 g/mol. The van der Waals surface area contributed by atoms with Crippen LogP contribution in [0.15, 0.2) is 0 Å². The number of nitrogens with zero attached hydrogens (tertiary/aromatic N) is 1. The molecule has 0 rings (SSSR count). The number of hydrogen-bond acceptors (Lipinski definition) is 2. The van der Waals surface area contributed by atoms with Crippen LogP contribution in [-0.2, 0) is 0 Å². The smallest absolute Gasteiger partial charge is 0.00640 e. The van der Waals surface area contributed by atoms with Crippen LogP contribution < -0.4 is 5.32 Å². The van der Waals surface area contributed by atoms with E-state index in [9.17, 15) is 0 Å². The molecule has 86 valence electrons. The van der Waals surface area contributed by atoms with E-state index in [-0.39, 0.29) is 0 Å². The predicted octanol–water partition coefficient (Wildman–Crippen LogP) is 2.35. The van der Waals surface area contributed by atoms with Crippen molar-refractivity contribution in [3.8, 4) is 0 Å². The van der Waals surface area contributed by atoms with Crippen molar-refractivity contribution in [3.63, 3.8) is 0 Å². The van der Waals surface area contributed by atoms with E-state index in [1.165, 1.54) is 12.8 Å². The molecule has 0 saturated heterocycles. The first kappa shape index (κ1) is 13.9. The van der Waals surface area contributed by atoms with Crippen LogP contribution in [0.5, 0.6) is 0 Å². The first-order valence-corrected chi connectivity index (χ1v) is 5.78. The number of hydrogen-bond donors (Lipinski definition) is 1. The number of rotatable bonds is 7. The molecule has 1 N–H and O–H groups in total. The van der Waals surface area contributed by atoms with E-state index in [0.717, 1.165) is 13.1 Å². The lowest BCUT2D eigenvalue weighted by atomic mass is 9.92. The quantitative estimate of drug-likeness (QED) is 0.678. The largest absolute Gasteiger partial charge is 0.319 e. The summed E-state index contributed by atoms with van der Waals surface area (Å²) in [6.45, 7) is 11.4. The molecule has 0 aromatic heterocycles. The van der Waals surface area contributed by atoms with Crippen molar-refractivity contribution in [1.29, 1.82) is 0 Å². The molecule has 2 nitrogen and oxygen atoms in total. The van der Waals surface area contributed by atoms with E-state index < -0.39 is 0 Å². The Morgan fingerprint density at radius 1 is 1.36 bits per heavy atom. The highest BCUT2D eigenvalue weighted by molar-refractivity contribution is 4.76. The van der Waals surface area contributed by atoms with Crippen molar-refractivity contribution in [2.75, 3.05) is 27.2 Å². The van der Waals surface area contributed by atoms with E-state index in [1.54, 1.807) is 0 Å². The molecule has 0 aliphatic carbocycles. The molecule has 0 amide bonds. The Hall–Kier alpha value is -0.0800. The van der Waals surface area contributed by atoms with Gasteiger partial charge in [0.05, 0.1) is 0 Å². The van der Waals surface area contributed by atoms with E-state index in [0.29, 0.717) is 11.5 Å². The molecule has 0 aliphatic heterocycles. The molecule has 0 radical (unpaired) electrons. The molecule has 0 aromatic carbocycles. The Labute approximate surface area is 90.1 Å². The molecule has 2 heteroatoms. The summed E-state index contributed by atoms with van der Waals surface area (Å²) in [5.41, 5.74) is 0.367. The summed E-state index contributed by atoms with van der Waals surface area (Å²) < 4.78 is 0. The lowest BCUT2D eigenvalue weighted by Gasteiger charge is -2.33. The minimum absolute atomic E-state index is 0.367. The summed E-state index contributed by atoms with van der Waals surface area (Å²) in [7, 11) is 4.26. The molecule has 14 heavy (non-hydrogen) atoms. The summed E-state index contributed by atoms with van der Waals surface area (Å²) >= 11 is 0. The van der Waals surface area contributed by atoms with Gasteiger partial charge in [0.2, 0.25) is 0 Å². The third kappa shape index (κ3) is 5.61. The van der Waals surface area contributed by atoms with Crippen LogP contribution in [0.3, 0.4) is 0 Å². The zero-order chi connectivity index (χ0) is 11.2. The second kappa shape index (κ2) is 6.41. The first-order chi connectivity index (χ1) is 6.43. The molecule has 0 heterocycles. The van der Waals surface area contributed by atoms with Crippen molar-refractivity contribution in [2.45, 2.75) is 46.6 Å². The van der Waals surface area contributed by atoms with Crippen molar-refractivity contribution in [3.05, 3.63) is 0 Å². The molecule has 0 aromatic rings. The minimum Gasteiger partial charge on any atom is -0.319 e. The third-order valence-corrected chi connectivity index (χ3v) is 2.79. The second-order valence-electron chi connectivity index (χ2n) is 5.25. The molecular weight excluding hydrogens is 172 g/mol. The average Bonchev–Trinajstić information content (AvgIpc) is 2.03. The van der Waals surface area contributed by atoms with Gasteiger partial charge in [0.25, 0.3) is 0 Å². The molecule has 0 bridgehead atoms. The Balaban J connectivity index is 3.96. The Bertz CT molecular complexity index is 143. The van der Waals surface area contributed by atoms with Crippen LogP contribution in [0.2, 0.25) is 0 Å². The predicted molar refractivity (Wildman–Crippen MR) is 64.7 cm³/mol. The number of nitrogens with one attached hydrogen (secondary N) is 1. The van der Waals surface area contributed by atoms with Gasteiger partial charge in [0, 0.05) is 19.1 Å². The topological polar surface area (TPSA) is 15.3 Å². The van der Waals surface area contributed by atoms with Gasteiger partial charge >= 0.3 is 0 Å². The molecular formula is C12H28N2. The third-order valence-electron chi connectivity index (χ3n) is 2.79. The molecule has 1 unspecified atom stereocenters. The fraction of sp³-hybridized carbons (Fsp3) is 1.00. The van der Waals surface area contributed by atoms with Gasteiger partial charge in [-0.05, 0) is 32.9 Å². The zero-order valence-corrected chi connectivity index (χ0v) is 10.9. The van der Waals surface area contributed by atoms with Crippen LogP contribution in [0.4, 0.5) is 0 Å². The van der Waals surface area contributed by atoms with E-state index >= 15 is 0 Å². The Kier molecular flexibility index (Phi) is 6.38. The van der Waals surface area contributed by atoms with Gasteiger partial charge in [-0.3, -0.25) is 0 Å². The lowest BCUT2D eigenvalue weighted by molar-refractivity contribution is 0.161. The normalized spacial score (nSPS) is 14.8. The van der Waals surface area contributed by atoms with Gasteiger partial charge in [0.15, 0.2) is 0 Å². The molecule has 0 saturated carbocycles. The highest BCUT2D eigenvalue weighted by atomic mass is 15.1. The van der Waals surface area contributed by atoms with E-state index in [2.05, 4.69) is 45.0 Å². The summed E-state index contributed by atoms with van der Waals surface area (Å²) in [5, 5.41) is 3.26. The highest BCUT2D eigenvalue weighted by Gasteiger charge is 2.21. The van der Waals surface area contributed by atoms with Gasteiger partial charge in [-0.2, -0.15) is 0 Å². The zero-order valence-electron chi connectivity index (χ0n) is 10.9. The maximum Gasteiger partial charge on any atom is 0.00640 e. The summed E-state index contributed by atoms with van der Waals surface area (Å²) in [5.74, 6) is 0. The average molecular weight is 200 g/mol. The lowest BCUT2D eigenvalue weighted by Crippen LogP contribution is -2.41. The van der Waals surface area contributed by atoms with Crippen LogP contribution >= 0.6 is 0 Å². The Morgan fingerprint density at radius 2 is 1.93 bits per heavy atom. The molecule has 0 fully saturated rings. The Morgan fingerprint density at radius 3 is 2.36 bits per heavy atom. The van der Waals surface area contributed by atoms with E-state index in [1.807, 2.05) is 7.05 Å². The van der Waals surface area contributed by atoms with Crippen molar-refractivity contribution in [1.82, 2.24) is 10.2 Å². The summed E-state index contributed by atoms with van der Waals surface area (Å²) in [6.07, 6.45) is 2.57. The van der Waals surface area contributed by atoms with Gasteiger partial charge in [0.1, 0.15) is 0 Å². The summed E-state index contributed by atoms with van der Waals surface area (Å²) in [6, 6.07) is 0.705. The van der Waals surface area contributed by atoms with Gasteiger partial charge in [-0.15, -0.1) is 0 Å². The van der Waals surface area contributed by atoms with Crippen molar-refractivity contribution >= 4 is 0 Å². The fourth-order valence-electron chi connectivity index (χ4n) is 2.00. The SMILES string of the molecule is CCCC(C)N(C)CC(C)(C)CNC. The van der Waals surface area contributed by atoms with Gasteiger partial charge in [-0.1, -0.05) is 27.2 Å². The highest BCUT2D eigenvalue weighted by Crippen LogP contribution is 2.17. The maximum absolute atomic E-state index is 3.26. The van der Waals surface area contributed by atoms with Gasteiger partial charge < -0.3 is 10.2 Å². The summed E-state index contributed by atoms with van der Waals surface area (Å²) in [4.78, 5) is 2.47. The van der Waals surface area contributed by atoms with Crippen LogP contribution in [-0.4, -0.2) is 38.1 Å². The van der Waals surface area contributed by atoms with Crippen molar-refractivity contribution < 1.29 is 0 Å². The minimum atomic E-state index is 0.367. The van der Waals surface area contributed by atoms with Crippen LogP contribution in [0.25, 0.3) is 0 Å². The second-order valence-corrected chi connectivity index (χ2v) is 5.25. The standard InChI is InChI=1S/C12H28N2/c1-7-8-11(2)14(6)10-12(3,4)9-13-5/h11,13H,7-10H2,1-6H3. The van der Waals surface area contributed by atoms with Crippen molar-refractivity contribution in [2.24, 2.45) is 5.41 Å². The maximum atomic E-state index is 3.26. The van der Waals surface area contributed by atoms with Crippen LogP contribution in [0, 0.1) is 5.41 Å². The first-order valence-electron chi connectivity index (χ1n) is 5.78. The van der Waals surface area contributed by atoms with Gasteiger partial charge in [-0.25, -0.2) is 0 Å². The molecule has 1 atom stereocenters. The molecule has 0 aliphatic rings. The fourth-order valence-corrected chi connectivity index (χ4v) is 2.00. The van der Waals surface area contributed by atoms with Crippen LogP contribution in [0.1, 0.15) is 40.5 Å². The molecule has 0 spiro atoms. The van der Waals surface area contributed by atoms with E-state index in [4.69, 9.17) is 0 Å².